The van der Waals surface area contributed by atoms with Crippen molar-refractivity contribution in [1.29, 1.82) is 0 Å². The predicted octanol–water partition coefficient (Wildman–Crippen LogP) is 4.13. The van der Waals surface area contributed by atoms with Crippen LogP contribution in [0.15, 0.2) is 24.4 Å². The molecule has 3 aromatic rings. The molecule has 0 spiro atoms. The van der Waals surface area contributed by atoms with Gasteiger partial charge in [-0.1, -0.05) is 19.3 Å². The number of nitrogens with zero attached hydrogens (tertiary/aromatic N) is 4. The Hall–Kier alpha value is -2.77. The van der Waals surface area contributed by atoms with Crippen molar-refractivity contribution in [3.63, 3.8) is 0 Å². The number of nitrogens with one attached hydrogen (secondary N) is 2. The molecule has 2 heterocycles. The van der Waals surface area contributed by atoms with Gasteiger partial charge in [-0.25, -0.2) is 18.7 Å². The van der Waals surface area contributed by atoms with Gasteiger partial charge in [0.05, 0.1) is 11.9 Å². The molecule has 26 heavy (non-hydrogen) atoms. The summed E-state index contributed by atoms with van der Waals surface area (Å²) in [7, 11) is 1.79. The topological polar surface area (TPSA) is 67.7 Å². The molecule has 1 saturated carbocycles. The van der Waals surface area contributed by atoms with Gasteiger partial charge in [0.2, 0.25) is 11.9 Å². The van der Waals surface area contributed by atoms with E-state index in [1.807, 2.05) is 0 Å². The number of hydrogen-bond acceptors (Lipinski definition) is 5. The van der Waals surface area contributed by atoms with Crippen molar-refractivity contribution in [3.05, 3.63) is 36.0 Å². The summed E-state index contributed by atoms with van der Waals surface area (Å²) in [5.74, 6) is -0.313. The minimum atomic E-state index is -0.678. The second-order valence-electron chi connectivity index (χ2n) is 6.63. The molecule has 0 bridgehead atoms. The summed E-state index contributed by atoms with van der Waals surface area (Å²) >= 11 is 0. The Labute approximate surface area is 149 Å². The van der Waals surface area contributed by atoms with E-state index in [0.717, 1.165) is 18.9 Å². The number of rotatable bonds is 4. The first-order valence-electron chi connectivity index (χ1n) is 8.78. The summed E-state index contributed by atoms with van der Waals surface area (Å²) in [6.45, 7) is 0. The molecule has 6 nitrogen and oxygen atoms in total. The Morgan fingerprint density at radius 2 is 1.92 bits per heavy atom. The van der Waals surface area contributed by atoms with Gasteiger partial charge in [-0.15, -0.1) is 0 Å². The zero-order valence-corrected chi connectivity index (χ0v) is 14.5. The summed E-state index contributed by atoms with van der Waals surface area (Å²) < 4.78 is 28.7. The van der Waals surface area contributed by atoms with Crippen LogP contribution < -0.4 is 10.6 Å². The van der Waals surface area contributed by atoms with Crippen molar-refractivity contribution in [3.8, 4) is 0 Å². The monoisotopic (exact) mass is 358 g/mol. The number of imidazole rings is 1. The van der Waals surface area contributed by atoms with E-state index in [-0.39, 0.29) is 5.69 Å². The van der Waals surface area contributed by atoms with Gasteiger partial charge in [-0.05, 0) is 25.0 Å². The molecular formula is C18H20F2N6. The van der Waals surface area contributed by atoms with Crippen molar-refractivity contribution in [2.75, 3.05) is 10.6 Å². The van der Waals surface area contributed by atoms with Crippen molar-refractivity contribution < 1.29 is 8.78 Å². The third kappa shape index (κ3) is 3.31. The third-order valence-electron chi connectivity index (χ3n) is 4.73. The molecule has 1 aromatic carbocycles. The normalized spacial score (nSPS) is 15.3. The summed E-state index contributed by atoms with van der Waals surface area (Å²) in [5.41, 5.74) is 1.40. The predicted molar refractivity (Wildman–Crippen MR) is 96.4 cm³/mol. The van der Waals surface area contributed by atoms with Gasteiger partial charge >= 0.3 is 0 Å². The van der Waals surface area contributed by atoms with Gasteiger partial charge < -0.3 is 10.6 Å². The molecular weight excluding hydrogens is 338 g/mol. The molecule has 0 radical (unpaired) electrons. The quantitative estimate of drug-likeness (QED) is 0.734. The van der Waals surface area contributed by atoms with Crippen LogP contribution in [0, 0.1) is 11.6 Å². The van der Waals surface area contributed by atoms with E-state index in [4.69, 9.17) is 0 Å². The molecule has 8 heteroatoms. The fourth-order valence-corrected chi connectivity index (χ4v) is 3.30. The third-order valence-corrected chi connectivity index (χ3v) is 4.73. The standard InChI is InChI=1S/C18H20F2N6/c1-26-16-15(10-21-17(25-16)22-12-5-3-2-4-6-12)24-18(26)23-14-8-7-11(19)9-13(14)20/h7-10,12H,2-6H2,1H3,(H,23,24)(H,21,22,25). The number of aromatic nitrogens is 4. The molecule has 0 aliphatic heterocycles. The molecule has 1 aliphatic rings. The Morgan fingerprint density at radius 1 is 1.12 bits per heavy atom. The van der Waals surface area contributed by atoms with Crippen LogP contribution in [0.5, 0.6) is 0 Å². The highest BCUT2D eigenvalue weighted by Crippen LogP contribution is 2.24. The van der Waals surface area contributed by atoms with E-state index in [1.54, 1.807) is 17.8 Å². The first kappa shape index (κ1) is 16.7. The minimum Gasteiger partial charge on any atom is -0.351 e. The lowest BCUT2D eigenvalue weighted by atomic mass is 9.96. The molecule has 136 valence electrons. The Bertz CT molecular complexity index is 933. The van der Waals surface area contributed by atoms with Crippen LogP contribution in [0.3, 0.4) is 0 Å². The molecule has 0 unspecified atom stereocenters. The number of hydrogen-bond donors (Lipinski definition) is 2. The molecule has 1 fully saturated rings. The highest BCUT2D eigenvalue weighted by Gasteiger charge is 2.16. The maximum atomic E-state index is 13.9. The number of aryl methyl sites for hydroxylation is 1. The fraction of sp³-hybridized carbons (Fsp3) is 0.389. The highest BCUT2D eigenvalue weighted by atomic mass is 19.1. The first-order valence-corrected chi connectivity index (χ1v) is 8.78. The Morgan fingerprint density at radius 3 is 2.69 bits per heavy atom. The van der Waals surface area contributed by atoms with E-state index in [9.17, 15) is 8.78 Å². The average molecular weight is 358 g/mol. The van der Waals surface area contributed by atoms with E-state index in [0.29, 0.717) is 29.1 Å². The van der Waals surface area contributed by atoms with Crippen molar-refractivity contribution in [1.82, 2.24) is 19.5 Å². The van der Waals surface area contributed by atoms with Crippen LogP contribution in [0.25, 0.3) is 11.2 Å². The summed E-state index contributed by atoms with van der Waals surface area (Å²) in [5, 5.41) is 6.27. The molecule has 0 atom stereocenters. The number of fused-ring (bicyclic) bond motifs is 1. The van der Waals surface area contributed by atoms with Crippen LogP contribution in [0.4, 0.5) is 26.4 Å². The Kier molecular flexibility index (Phi) is 4.40. The fourth-order valence-electron chi connectivity index (χ4n) is 3.30. The maximum Gasteiger partial charge on any atom is 0.224 e. The van der Waals surface area contributed by atoms with Crippen LogP contribution >= 0.6 is 0 Å². The van der Waals surface area contributed by atoms with E-state index < -0.39 is 11.6 Å². The minimum absolute atomic E-state index is 0.151. The van der Waals surface area contributed by atoms with Crippen molar-refractivity contribution in [2.45, 2.75) is 38.1 Å². The first-order chi connectivity index (χ1) is 12.6. The lowest BCUT2D eigenvalue weighted by molar-refractivity contribution is 0.461. The van der Waals surface area contributed by atoms with Crippen LogP contribution in [0.2, 0.25) is 0 Å². The summed E-state index contributed by atoms with van der Waals surface area (Å²) in [6, 6.07) is 3.77. The SMILES string of the molecule is Cn1c(Nc2ccc(F)cc2F)nc2cnc(NC3CCCCC3)nc21. The number of anilines is 3. The smallest absolute Gasteiger partial charge is 0.224 e. The zero-order valence-electron chi connectivity index (χ0n) is 14.5. The molecule has 2 aromatic heterocycles. The molecule has 0 saturated heterocycles. The van der Waals surface area contributed by atoms with Crippen LogP contribution in [0.1, 0.15) is 32.1 Å². The largest absolute Gasteiger partial charge is 0.351 e. The summed E-state index contributed by atoms with van der Waals surface area (Å²) in [4.78, 5) is 13.3. The Balaban J connectivity index is 1.59. The highest BCUT2D eigenvalue weighted by molar-refractivity contribution is 5.76. The number of halogens is 2. The van der Waals surface area contributed by atoms with Gasteiger partial charge in [-0.2, -0.15) is 4.98 Å². The van der Waals surface area contributed by atoms with Crippen LogP contribution in [-0.4, -0.2) is 25.6 Å². The van der Waals surface area contributed by atoms with Gasteiger partial charge in [0.25, 0.3) is 0 Å². The molecule has 1 aliphatic carbocycles. The van der Waals surface area contributed by atoms with E-state index >= 15 is 0 Å². The van der Waals surface area contributed by atoms with E-state index in [1.165, 1.54) is 31.4 Å². The number of benzene rings is 1. The van der Waals surface area contributed by atoms with Gasteiger partial charge in [0, 0.05) is 19.2 Å². The van der Waals surface area contributed by atoms with Gasteiger partial charge in [0.15, 0.2) is 5.65 Å². The molecule has 4 rings (SSSR count). The lowest BCUT2D eigenvalue weighted by Gasteiger charge is -2.22. The van der Waals surface area contributed by atoms with E-state index in [2.05, 4.69) is 25.6 Å². The molecule has 2 N–H and O–H groups in total. The van der Waals surface area contributed by atoms with Crippen molar-refractivity contribution >= 4 is 28.7 Å². The average Bonchev–Trinajstić information content (AvgIpc) is 2.94. The van der Waals surface area contributed by atoms with Crippen LogP contribution in [-0.2, 0) is 7.05 Å². The second kappa shape index (κ2) is 6.86. The lowest BCUT2D eigenvalue weighted by Crippen LogP contribution is -2.23. The summed E-state index contributed by atoms with van der Waals surface area (Å²) in [6.07, 6.45) is 7.65. The van der Waals surface area contributed by atoms with Crippen molar-refractivity contribution in [2.24, 2.45) is 7.05 Å². The van der Waals surface area contributed by atoms with Gasteiger partial charge in [-0.3, -0.25) is 4.57 Å². The maximum absolute atomic E-state index is 13.9. The second-order valence-corrected chi connectivity index (χ2v) is 6.63. The zero-order chi connectivity index (χ0) is 18.1. The van der Waals surface area contributed by atoms with Gasteiger partial charge in [0.1, 0.15) is 17.2 Å². The molecule has 0 amide bonds.